The first-order valence-corrected chi connectivity index (χ1v) is 12.9. The average molecular weight is 585 g/mol. The normalized spacial score (nSPS) is 17.8. The Morgan fingerprint density at radius 3 is 2.38 bits per heavy atom. The Balaban J connectivity index is 1.71. The molecule has 4 aromatic rings. The van der Waals surface area contributed by atoms with E-state index >= 15 is 0 Å². The summed E-state index contributed by atoms with van der Waals surface area (Å²) in [4.78, 5) is 6.62. The molecule has 2 atom stereocenters. The van der Waals surface area contributed by atoms with E-state index in [1.165, 1.54) is 12.1 Å². The maximum Gasteiger partial charge on any atom is 0.418 e. The Morgan fingerprint density at radius 1 is 0.973 bits per heavy atom. The maximum atomic E-state index is 13.9. The van der Waals surface area contributed by atoms with E-state index in [1.807, 2.05) is 68.1 Å². The van der Waals surface area contributed by atoms with Gasteiger partial charge in [0.25, 0.3) is 0 Å². The van der Waals surface area contributed by atoms with Crippen LogP contribution in [0.2, 0.25) is 0 Å². The lowest BCUT2D eigenvalue weighted by Gasteiger charge is -2.28. The van der Waals surface area contributed by atoms with Gasteiger partial charge in [0.1, 0.15) is 0 Å². The maximum absolute atomic E-state index is 13.9. The van der Waals surface area contributed by atoms with Crippen LogP contribution in [0, 0.1) is 20.8 Å². The van der Waals surface area contributed by atoms with Gasteiger partial charge in [0, 0.05) is 27.7 Å². The van der Waals surface area contributed by atoms with E-state index in [1.54, 1.807) is 16.8 Å². The molecule has 0 radical (unpaired) electrons. The van der Waals surface area contributed by atoms with Crippen molar-refractivity contribution in [1.29, 1.82) is 0 Å². The molecule has 0 amide bonds. The quantitative estimate of drug-likeness (QED) is 0.248. The monoisotopic (exact) mass is 584 g/mol. The van der Waals surface area contributed by atoms with Crippen molar-refractivity contribution >= 4 is 38.9 Å². The van der Waals surface area contributed by atoms with Gasteiger partial charge in [-0.05, 0) is 92.6 Å². The summed E-state index contributed by atoms with van der Waals surface area (Å²) >= 11 is 9.38. The fourth-order valence-corrected chi connectivity index (χ4v) is 5.69. The van der Waals surface area contributed by atoms with E-state index in [2.05, 4.69) is 26.2 Å². The Morgan fingerprint density at radius 2 is 1.70 bits per heavy atom. The number of pyridine rings is 1. The van der Waals surface area contributed by atoms with Gasteiger partial charge in [-0.25, -0.2) is 0 Å². The zero-order valence-electron chi connectivity index (χ0n) is 20.3. The van der Waals surface area contributed by atoms with Gasteiger partial charge in [-0.2, -0.15) is 13.2 Å². The van der Waals surface area contributed by atoms with E-state index < -0.39 is 11.7 Å². The van der Waals surface area contributed by atoms with Gasteiger partial charge < -0.3 is 14.8 Å². The van der Waals surface area contributed by atoms with E-state index in [0.29, 0.717) is 16.5 Å². The highest BCUT2D eigenvalue weighted by atomic mass is 79.9. The molecular weight excluding hydrogens is 561 g/mol. The number of nitrogens with zero attached hydrogens (tertiary/aromatic N) is 3. The lowest BCUT2D eigenvalue weighted by atomic mass is 9.96. The Labute approximate surface area is 227 Å². The van der Waals surface area contributed by atoms with Crippen LogP contribution in [-0.2, 0) is 6.18 Å². The second-order valence-electron chi connectivity index (χ2n) is 9.11. The molecule has 1 N–H and O–H groups in total. The van der Waals surface area contributed by atoms with Crippen LogP contribution in [0.25, 0.3) is 5.69 Å². The first-order valence-electron chi connectivity index (χ1n) is 11.7. The molecule has 0 saturated carbocycles. The highest BCUT2D eigenvalue weighted by Crippen LogP contribution is 2.45. The molecule has 9 heteroatoms. The number of thiocarbonyl (C=S) groups is 1. The van der Waals surface area contributed by atoms with Crippen LogP contribution in [0.1, 0.15) is 45.9 Å². The Hall–Kier alpha value is -3.17. The van der Waals surface area contributed by atoms with Gasteiger partial charge >= 0.3 is 6.18 Å². The van der Waals surface area contributed by atoms with Crippen molar-refractivity contribution in [3.63, 3.8) is 0 Å². The number of nitrogens with one attached hydrogen (secondary N) is 1. The topological polar surface area (TPSA) is 33.1 Å². The molecule has 1 saturated heterocycles. The van der Waals surface area contributed by atoms with Crippen molar-refractivity contribution in [2.45, 2.75) is 39.0 Å². The molecular formula is C28H24BrF3N4S. The molecule has 0 aliphatic carbocycles. The SMILES string of the molecule is Cc1cc(N2C(=S)N[C@@H](c3ccccn3)[C@@H]2c2cc(C)n(-c3ccccc3C(F)(F)F)c2C)ccc1Br. The van der Waals surface area contributed by atoms with Crippen LogP contribution < -0.4 is 10.2 Å². The second kappa shape index (κ2) is 9.61. The van der Waals surface area contributed by atoms with E-state index in [-0.39, 0.29) is 17.8 Å². The number of benzene rings is 2. The number of hydrogen-bond acceptors (Lipinski definition) is 2. The fraction of sp³-hybridized carbons (Fsp3) is 0.214. The number of para-hydroxylation sites is 1. The van der Waals surface area contributed by atoms with Gasteiger partial charge in [0.15, 0.2) is 5.11 Å². The standard InChI is InChI=1S/C28H24BrF3N4S/c1-16-14-19(11-12-22(16)29)36-26(25(34-27(36)37)23-9-6-7-13-33-23)20-15-17(2)35(18(20)3)24-10-5-4-8-21(24)28(30,31)32/h4-15,25-26H,1-3H3,(H,34,37)/t25-,26-/m0/s1. The van der Waals surface area contributed by atoms with E-state index in [0.717, 1.165) is 33.0 Å². The third-order valence-electron chi connectivity index (χ3n) is 6.76. The van der Waals surface area contributed by atoms with E-state index in [9.17, 15) is 13.2 Å². The van der Waals surface area contributed by atoms with Crippen molar-refractivity contribution in [3.8, 4) is 5.69 Å². The number of hydrogen-bond donors (Lipinski definition) is 1. The predicted octanol–water partition coefficient (Wildman–Crippen LogP) is 7.76. The Kier molecular flexibility index (Phi) is 6.62. The number of rotatable bonds is 4. The van der Waals surface area contributed by atoms with Gasteiger partial charge in [-0.1, -0.05) is 34.1 Å². The first-order chi connectivity index (χ1) is 17.6. The number of anilines is 1. The Bertz CT molecular complexity index is 1480. The van der Waals surface area contributed by atoms with Gasteiger partial charge in [0.05, 0.1) is 29.0 Å². The summed E-state index contributed by atoms with van der Waals surface area (Å²) in [6.45, 7) is 5.69. The molecule has 1 fully saturated rings. The van der Waals surface area contributed by atoms with Crippen molar-refractivity contribution in [2.75, 3.05) is 4.90 Å². The van der Waals surface area contributed by atoms with Gasteiger partial charge in [-0.3, -0.25) is 4.98 Å². The van der Waals surface area contributed by atoms with Gasteiger partial charge in [0.2, 0.25) is 0 Å². The summed E-state index contributed by atoms with van der Waals surface area (Å²) in [7, 11) is 0. The number of aryl methyl sites for hydroxylation is 2. The average Bonchev–Trinajstić information content (AvgIpc) is 3.36. The summed E-state index contributed by atoms with van der Waals surface area (Å²) in [5.41, 5.74) is 4.45. The molecule has 1 aliphatic heterocycles. The molecule has 37 heavy (non-hydrogen) atoms. The van der Waals surface area contributed by atoms with E-state index in [4.69, 9.17) is 12.2 Å². The number of halogens is 4. The minimum atomic E-state index is -4.48. The highest BCUT2D eigenvalue weighted by Gasteiger charge is 2.43. The summed E-state index contributed by atoms with van der Waals surface area (Å²) in [5.74, 6) is 0. The minimum Gasteiger partial charge on any atom is -0.351 e. The van der Waals surface area contributed by atoms with Gasteiger partial charge in [-0.15, -0.1) is 0 Å². The largest absolute Gasteiger partial charge is 0.418 e. The van der Waals surface area contributed by atoms with Crippen LogP contribution in [0.15, 0.2) is 77.4 Å². The van der Waals surface area contributed by atoms with Crippen LogP contribution in [0.3, 0.4) is 0 Å². The molecule has 190 valence electrons. The van der Waals surface area contributed by atoms with Crippen molar-refractivity contribution in [1.82, 2.24) is 14.9 Å². The predicted molar refractivity (Wildman–Crippen MR) is 147 cm³/mol. The van der Waals surface area contributed by atoms with Crippen molar-refractivity contribution in [2.24, 2.45) is 0 Å². The molecule has 4 nitrogen and oxygen atoms in total. The molecule has 2 aromatic heterocycles. The molecule has 0 unspecified atom stereocenters. The molecule has 0 spiro atoms. The molecule has 3 heterocycles. The highest BCUT2D eigenvalue weighted by molar-refractivity contribution is 9.10. The summed E-state index contributed by atoms with van der Waals surface area (Å²) < 4.78 is 44.5. The minimum absolute atomic E-state index is 0.102. The molecule has 5 rings (SSSR count). The van der Waals surface area contributed by atoms with Crippen LogP contribution >= 0.6 is 28.1 Å². The number of aromatic nitrogens is 2. The lowest BCUT2D eigenvalue weighted by molar-refractivity contribution is -0.137. The van der Waals surface area contributed by atoms with Crippen LogP contribution in [-0.4, -0.2) is 14.7 Å². The summed E-state index contributed by atoms with van der Waals surface area (Å²) in [6, 6.07) is 18.7. The van der Waals surface area contributed by atoms with Crippen LogP contribution in [0.4, 0.5) is 18.9 Å². The fourth-order valence-electron chi connectivity index (χ4n) is 5.09. The summed E-state index contributed by atoms with van der Waals surface area (Å²) in [6.07, 6.45) is -2.75. The van der Waals surface area contributed by atoms with Crippen molar-refractivity contribution in [3.05, 3.63) is 111 Å². The first kappa shape index (κ1) is 25.5. The summed E-state index contributed by atoms with van der Waals surface area (Å²) in [5, 5.41) is 3.96. The smallest absolute Gasteiger partial charge is 0.351 e. The third-order valence-corrected chi connectivity index (χ3v) is 7.96. The molecule has 2 aromatic carbocycles. The molecule has 0 bridgehead atoms. The van der Waals surface area contributed by atoms with Crippen LogP contribution in [0.5, 0.6) is 0 Å². The zero-order chi connectivity index (χ0) is 26.5. The molecule has 1 aliphatic rings. The lowest BCUT2D eigenvalue weighted by Crippen LogP contribution is -2.29. The third kappa shape index (κ3) is 4.55. The zero-order valence-corrected chi connectivity index (χ0v) is 22.7. The van der Waals surface area contributed by atoms with Crippen molar-refractivity contribution < 1.29 is 13.2 Å². The second-order valence-corrected chi connectivity index (χ2v) is 10.3. The number of alkyl halides is 3.